The molecular weight excluding hydrogens is 471 g/mol. The Morgan fingerprint density at radius 2 is 2.08 bits per heavy atom. The van der Waals surface area contributed by atoms with Gasteiger partial charge in [0.25, 0.3) is 0 Å². The standard InChI is InChI=1S/C26H22F3N5O2/c1-3-14-18(27)5-4-12-8-13(30)9-15(19(12)14)22-21(29)23-16(10-31-22)25(33-26(32-23)35-2)34-6-7-36-11-17-20(28)24(17)34/h1,8-10,17,20,24H,4-7,11,30H2,2H3. The molecule has 2 aromatic heterocycles. The molecule has 3 atom stereocenters. The van der Waals surface area contributed by atoms with Crippen molar-refractivity contribution >= 4 is 28.0 Å². The van der Waals surface area contributed by atoms with Gasteiger partial charge in [0, 0.05) is 41.9 Å². The Morgan fingerprint density at radius 3 is 2.86 bits per heavy atom. The minimum Gasteiger partial charge on any atom is -0.467 e. The van der Waals surface area contributed by atoms with Crippen LogP contribution in [0.25, 0.3) is 27.7 Å². The fourth-order valence-corrected chi connectivity index (χ4v) is 5.27. The predicted octanol–water partition coefficient (Wildman–Crippen LogP) is 3.85. The number of fused-ring (bicyclic) bond motifs is 3. The summed E-state index contributed by atoms with van der Waals surface area (Å²) >= 11 is 0. The highest BCUT2D eigenvalue weighted by Crippen LogP contribution is 2.45. The normalized spacial score (nSPS) is 23.1. The van der Waals surface area contributed by atoms with Gasteiger partial charge in [-0.2, -0.15) is 9.97 Å². The van der Waals surface area contributed by atoms with Crippen LogP contribution in [0.2, 0.25) is 0 Å². The minimum atomic E-state index is -1.07. The first-order valence-electron chi connectivity index (χ1n) is 11.6. The fraction of sp³-hybridized carbons (Fsp3) is 0.346. The number of alkyl halides is 1. The van der Waals surface area contributed by atoms with Gasteiger partial charge in [-0.25, -0.2) is 13.2 Å². The molecule has 3 aliphatic rings. The van der Waals surface area contributed by atoms with Gasteiger partial charge in [0.1, 0.15) is 29.0 Å². The average molecular weight is 493 g/mol. The molecule has 36 heavy (non-hydrogen) atoms. The lowest BCUT2D eigenvalue weighted by atomic mass is 9.85. The first-order valence-corrected chi connectivity index (χ1v) is 11.6. The van der Waals surface area contributed by atoms with Crippen LogP contribution in [-0.2, 0) is 11.2 Å². The maximum absolute atomic E-state index is 16.2. The summed E-state index contributed by atoms with van der Waals surface area (Å²) in [6.45, 7) is 1.07. The number of ether oxygens (including phenoxy) is 2. The van der Waals surface area contributed by atoms with Gasteiger partial charge >= 0.3 is 6.01 Å². The van der Waals surface area contributed by atoms with Crippen molar-refractivity contribution < 1.29 is 22.6 Å². The number of allylic oxidation sites excluding steroid dienone is 2. The maximum Gasteiger partial charge on any atom is 0.318 e. The Hall–Kier alpha value is -3.84. The number of rotatable bonds is 3. The Morgan fingerprint density at radius 1 is 1.25 bits per heavy atom. The third-order valence-corrected chi connectivity index (χ3v) is 7.05. The number of nitrogens with zero attached hydrogens (tertiary/aromatic N) is 4. The van der Waals surface area contributed by atoms with Crippen molar-refractivity contribution in [1.82, 2.24) is 15.0 Å². The van der Waals surface area contributed by atoms with Gasteiger partial charge in [-0.1, -0.05) is 5.92 Å². The van der Waals surface area contributed by atoms with Crippen LogP contribution in [0.15, 0.2) is 24.2 Å². The van der Waals surface area contributed by atoms with Gasteiger partial charge in [-0.05, 0) is 24.1 Å². The van der Waals surface area contributed by atoms with E-state index in [0.29, 0.717) is 48.6 Å². The van der Waals surface area contributed by atoms with E-state index in [2.05, 4.69) is 20.9 Å². The van der Waals surface area contributed by atoms with E-state index in [1.54, 1.807) is 11.0 Å². The Bertz CT molecular complexity index is 1480. The lowest BCUT2D eigenvalue weighted by Crippen LogP contribution is -2.31. The van der Waals surface area contributed by atoms with Crippen LogP contribution in [0.1, 0.15) is 17.5 Å². The highest BCUT2D eigenvalue weighted by molar-refractivity contribution is 5.96. The maximum atomic E-state index is 16.2. The second kappa shape index (κ2) is 8.38. The van der Waals surface area contributed by atoms with Crippen molar-refractivity contribution in [2.75, 3.05) is 37.5 Å². The van der Waals surface area contributed by atoms with Crippen molar-refractivity contribution in [3.8, 4) is 29.6 Å². The van der Waals surface area contributed by atoms with Crippen molar-refractivity contribution in [1.29, 1.82) is 0 Å². The van der Waals surface area contributed by atoms with Gasteiger partial charge in [-0.15, -0.1) is 6.42 Å². The highest BCUT2D eigenvalue weighted by atomic mass is 19.1. The molecule has 0 radical (unpaired) electrons. The van der Waals surface area contributed by atoms with Gasteiger partial charge in [0.15, 0.2) is 5.82 Å². The summed E-state index contributed by atoms with van der Waals surface area (Å²) in [6.07, 6.45) is 6.52. The highest BCUT2D eigenvalue weighted by Gasteiger charge is 2.56. The molecule has 1 aromatic carbocycles. The summed E-state index contributed by atoms with van der Waals surface area (Å²) in [5.74, 6) is 1.24. The number of nitrogen functional groups attached to an aromatic ring is 1. The number of hydrogen-bond acceptors (Lipinski definition) is 7. The molecule has 0 spiro atoms. The third kappa shape index (κ3) is 3.38. The quantitative estimate of drug-likeness (QED) is 0.438. The van der Waals surface area contributed by atoms with Crippen molar-refractivity contribution in [2.24, 2.45) is 5.92 Å². The van der Waals surface area contributed by atoms with Crippen LogP contribution in [0.5, 0.6) is 6.01 Å². The largest absolute Gasteiger partial charge is 0.467 e. The van der Waals surface area contributed by atoms with E-state index in [-0.39, 0.29) is 40.7 Å². The summed E-state index contributed by atoms with van der Waals surface area (Å²) in [7, 11) is 1.37. The molecule has 2 aliphatic carbocycles. The molecule has 1 aliphatic heterocycles. The van der Waals surface area contributed by atoms with Gasteiger partial charge in [-0.3, -0.25) is 4.98 Å². The van der Waals surface area contributed by atoms with Crippen LogP contribution in [-0.4, -0.2) is 54.0 Å². The van der Waals surface area contributed by atoms with E-state index in [4.69, 9.17) is 21.6 Å². The summed E-state index contributed by atoms with van der Waals surface area (Å²) in [6, 6.07) is 2.74. The summed E-state index contributed by atoms with van der Waals surface area (Å²) < 4.78 is 56.1. The Labute approximate surface area is 205 Å². The number of hydrogen-bond donors (Lipinski definition) is 1. The van der Waals surface area contributed by atoms with Crippen LogP contribution >= 0.6 is 0 Å². The number of halogens is 3. The smallest absolute Gasteiger partial charge is 0.318 e. The first kappa shape index (κ1) is 22.6. The summed E-state index contributed by atoms with van der Waals surface area (Å²) in [5, 5.41) is 0.300. The number of pyridine rings is 1. The number of methoxy groups -OCH3 is 1. The monoisotopic (exact) mass is 493 g/mol. The number of aryl methyl sites for hydroxylation is 1. The van der Waals surface area contributed by atoms with Gasteiger partial charge < -0.3 is 20.1 Å². The number of nitrogens with two attached hydrogens (primary N) is 1. The van der Waals surface area contributed by atoms with Crippen molar-refractivity contribution in [3.05, 3.63) is 41.1 Å². The number of benzene rings is 1. The molecule has 1 saturated carbocycles. The molecule has 184 valence electrons. The topological polar surface area (TPSA) is 86.4 Å². The SMILES string of the molecule is C#CC1=C(F)CCc2cc(N)cc(-c3ncc4c(N5CCOCC6C(F)C65)nc(OC)nc4c3F)c21. The fourth-order valence-electron chi connectivity index (χ4n) is 5.27. The van der Waals surface area contributed by atoms with Crippen molar-refractivity contribution in [2.45, 2.75) is 25.1 Å². The number of anilines is 2. The molecule has 0 amide bonds. The molecule has 1 saturated heterocycles. The number of aromatic nitrogens is 3. The van der Waals surface area contributed by atoms with E-state index >= 15 is 4.39 Å². The number of terminal acetylenes is 1. The molecule has 2 fully saturated rings. The molecule has 3 heterocycles. The van der Waals surface area contributed by atoms with Gasteiger partial charge in [0.05, 0.1) is 37.3 Å². The van der Waals surface area contributed by atoms with Gasteiger partial charge in [0.2, 0.25) is 0 Å². The van der Waals surface area contributed by atoms with Crippen LogP contribution in [0.4, 0.5) is 24.7 Å². The molecule has 2 N–H and O–H groups in total. The van der Waals surface area contributed by atoms with E-state index in [0.717, 1.165) is 5.56 Å². The summed E-state index contributed by atoms with van der Waals surface area (Å²) in [5.41, 5.74) is 7.81. The summed E-state index contributed by atoms with van der Waals surface area (Å²) in [4.78, 5) is 14.8. The molecule has 3 unspecified atom stereocenters. The Balaban J connectivity index is 1.57. The predicted molar refractivity (Wildman–Crippen MR) is 129 cm³/mol. The average Bonchev–Trinajstić information content (AvgIpc) is 3.57. The lowest BCUT2D eigenvalue weighted by Gasteiger charge is -2.24. The zero-order valence-corrected chi connectivity index (χ0v) is 19.4. The Kier molecular flexibility index (Phi) is 5.26. The first-order chi connectivity index (χ1) is 17.4. The van der Waals surface area contributed by atoms with E-state index in [1.807, 2.05) is 0 Å². The van der Waals surface area contributed by atoms with E-state index < -0.39 is 23.9 Å². The minimum absolute atomic E-state index is 0.0571. The second-order valence-corrected chi connectivity index (χ2v) is 9.11. The van der Waals surface area contributed by atoms with E-state index in [1.165, 1.54) is 19.4 Å². The van der Waals surface area contributed by atoms with Crippen LogP contribution in [0.3, 0.4) is 0 Å². The third-order valence-electron chi connectivity index (χ3n) is 7.05. The van der Waals surface area contributed by atoms with Crippen LogP contribution in [0, 0.1) is 24.1 Å². The molecule has 3 aromatic rings. The van der Waals surface area contributed by atoms with E-state index in [9.17, 15) is 8.78 Å². The lowest BCUT2D eigenvalue weighted by molar-refractivity contribution is 0.130. The molecular formula is C26H22F3N5O2. The molecule has 0 bridgehead atoms. The molecule has 10 heteroatoms. The van der Waals surface area contributed by atoms with Crippen molar-refractivity contribution in [3.63, 3.8) is 0 Å². The van der Waals surface area contributed by atoms with Crippen LogP contribution < -0.4 is 15.4 Å². The second-order valence-electron chi connectivity index (χ2n) is 9.11. The zero-order chi connectivity index (χ0) is 25.1. The molecule has 6 rings (SSSR count). The zero-order valence-electron chi connectivity index (χ0n) is 19.4. The molecule has 7 nitrogen and oxygen atoms in total.